The minimum absolute atomic E-state index is 0.0546. The maximum absolute atomic E-state index is 12.2. The summed E-state index contributed by atoms with van der Waals surface area (Å²) >= 11 is 0. The molecule has 1 saturated heterocycles. The third-order valence-corrected chi connectivity index (χ3v) is 4.38. The van der Waals surface area contributed by atoms with E-state index in [0.29, 0.717) is 12.0 Å². The van der Waals surface area contributed by atoms with Crippen LogP contribution in [0.4, 0.5) is 0 Å². The van der Waals surface area contributed by atoms with Gasteiger partial charge in [-0.3, -0.25) is 4.79 Å². The van der Waals surface area contributed by atoms with Crippen LogP contribution in [0.1, 0.15) is 46.0 Å². The van der Waals surface area contributed by atoms with E-state index in [0.717, 1.165) is 38.8 Å². The van der Waals surface area contributed by atoms with Crippen molar-refractivity contribution in [3.63, 3.8) is 0 Å². The first-order chi connectivity index (χ1) is 8.54. The van der Waals surface area contributed by atoms with Crippen molar-refractivity contribution in [1.82, 2.24) is 10.2 Å². The number of likely N-dealkylation sites (tertiary alicyclic amines) is 1. The Morgan fingerprint density at radius 3 is 2.44 bits per heavy atom. The van der Waals surface area contributed by atoms with Gasteiger partial charge in [0.05, 0.1) is 5.54 Å². The lowest BCUT2D eigenvalue weighted by molar-refractivity contribution is -0.127. The van der Waals surface area contributed by atoms with Gasteiger partial charge in [0, 0.05) is 19.1 Å². The van der Waals surface area contributed by atoms with E-state index < -0.39 is 5.54 Å². The number of amides is 1. The molecule has 1 aliphatic carbocycles. The number of piperidine rings is 1. The molecule has 4 nitrogen and oxygen atoms in total. The third-order valence-electron chi connectivity index (χ3n) is 4.38. The van der Waals surface area contributed by atoms with E-state index in [1.165, 1.54) is 13.0 Å². The van der Waals surface area contributed by atoms with Crippen LogP contribution in [0.2, 0.25) is 0 Å². The summed E-state index contributed by atoms with van der Waals surface area (Å²) in [5.41, 5.74) is 5.48. The zero-order chi connectivity index (χ0) is 13.2. The number of rotatable bonds is 5. The van der Waals surface area contributed by atoms with Crippen molar-refractivity contribution in [3.05, 3.63) is 0 Å². The lowest BCUT2D eigenvalue weighted by Gasteiger charge is -2.34. The summed E-state index contributed by atoms with van der Waals surface area (Å²) in [6.45, 7) is 7.47. The number of hydrogen-bond donors (Lipinski definition) is 2. The van der Waals surface area contributed by atoms with Crippen molar-refractivity contribution in [2.24, 2.45) is 11.7 Å². The predicted molar refractivity (Wildman–Crippen MR) is 73.2 cm³/mol. The van der Waals surface area contributed by atoms with Crippen molar-refractivity contribution in [3.8, 4) is 0 Å². The highest BCUT2D eigenvalue weighted by Crippen LogP contribution is 2.38. The molecule has 1 aliphatic heterocycles. The van der Waals surface area contributed by atoms with Crippen LogP contribution in [0.15, 0.2) is 0 Å². The van der Waals surface area contributed by atoms with Crippen LogP contribution in [0, 0.1) is 5.92 Å². The Balaban J connectivity index is 1.75. The van der Waals surface area contributed by atoms with E-state index in [9.17, 15) is 4.79 Å². The average molecular weight is 253 g/mol. The van der Waals surface area contributed by atoms with Crippen LogP contribution in [-0.4, -0.2) is 42.0 Å². The standard InChI is InChI=1S/C14H27N3O/c1-3-8-17-9-6-12(7-10-17)16-13(18)14(2,15)11-4-5-11/h11-12H,3-10,15H2,1-2H3,(H,16,18). The molecule has 1 atom stereocenters. The minimum Gasteiger partial charge on any atom is -0.352 e. The Bertz CT molecular complexity index is 291. The highest BCUT2D eigenvalue weighted by molar-refractivity contribution is 5.86. The zero-order valence-electron chi connectivity index (χ0n) is 11.7. The molecule has 3 N–H and O–H groups in total. The topological polar surface area (TPSA) is 58.4 Å². The fourth-order valence-corrected chi connectivity index (χ4v) is 2.83. The summed E-state index contributed by atoms with van der Waals surface area (Å²) < 4.78 is 0. The maximum Gasteiger partial charge on any atom is 0.240 e. The van der Waals surface area contributed by atoms with E-state index >= 15 is 0 Å². The molecule has 1 amide bonds. The van der Waals surface area contributed by atoms with E-state index in [2.05, 4.69) is 17.1 Å². The first kappa shape index (κ1) is 13.8. The highest BCUT2D eigenvalue weighted by atomic mass is 16.2. The van der Waals surface area contributed by atoms with Crippen LogP contribution in [-0.2, 0) is 4.79 Å². The fourth-order valence-electron chi connectivity index (χ4n) is 2.83. The van der Waals surface area contributed by atoms with Crippen LogP contribution < -0.4 is 11.1 Å². The zero-order valence-corrected chi connectivity index (χ0v) is 11.7. The smallest absolute Gasteiger partial charge is 0.240 e. The van der Waals surface area contributed by atoms with Crippen LogP contribution in [0.3, 0.4) is 0 Å². The van der Waals surface area contributed by atoms with E-state index in [1.54, 1.807) is 0 Å². The molecule has 1 heterocycles. The van der Waals surface area contributed by atoms with Gasteiger partial charge in [-0.2, -0.15) is 0 Å². The van der Waals surface area contributed by atoms with Crippen molar-refractivity contribution < 1.29 is 4.79 Å². The molecule has 0 spiro atoms. The third kappa shape index (κ3) is 3.23. The number of nitrogens with two attached hydrogens (primary N) is 1. The Kier molecular flexibility index (Phi) is 4.28. The number of carbonyl (C=O) groups excluding carboxylic acids is 1. The molecule has 0 aromatic heterocycles. The van der Waals surface area contributed by atoms with Gasteiger partial charge in [0.15, 0.2) is 0 Å². The fraction of sp³-hybridized carbons (Fsp3) is 0.929. The Morgan fingerprint density at radius 2 is 1.94 bits per heavy atom. The lowest BCUT2D eigenvalue weighted by Crippen LogP contribution is -2.57. The number of carbonyl (C=O) groups is 1. The molecule has 18 heavy (non-hydrogen) atoms. The molecular weight excluding hydrogens is 226 g/mol. The van der Waals surface area contributed by atoms with Gasteiger partial charge in [0.25, 0.3) is 0 Å². The molecule has 1 saturated carbocycles. The van der Waals surface area contributed by atoms with Gasteiger partial charge in [-0.1, -0.05) is 6.92 Å². The number of nitrogens with zero attached hydrogens (tertiary/aromatic N) is 1. The van der Waals surface area contributed by atoms with Crippen LogP contribution >= 0.6 is 0 Å². The second-order valence-electron chi connectivity index (χ2n) is 6.15. The second kappa shape index (κ2) is 5.57. The highest BCUT2D eigenvalue weighted by Gasteiger charge is 2.44. The molecule has 104 valence electrons. The Labute approximate surface area is 110 Å². The quantitative estimate of drug-likeness (QED) is 0.771. The second-order valence-corrected chi connectivity index (χ2v) is 6.15. The summed E-state index contributed by atoms with van der Waals surface area (Å²) in [5.74, 6) is 0.455. The molecule has 2 rings (SSSR count). The van der Waals surface area contributed by atoms with E-state index in [1.807, 2.05) is 6.92 Å². The average Bonchev–Trinajstić information content (AvgIpc) is 3.16. The number of hydrogen-bond acceptors (Lipinski definition) is 3. The summed E-state index contributed by atoms with van der Waals surface area (Å²) in [6, 6.07) is 0.326. The Morgan fingerprint density at radius 1 is 1.33 bits per heavy atom. The van der Waals surface area contributed by atoms with Gasteiger partial charge in [-0.25, -0.2) is 0 Å². The largest absolute Gasteiger partial charge is 0.352 e. The van der Waals surface area contributed by atoms with Crippen molar-refractivity contribution in [1.29, 1.82) is 0 Å². The van der Waals surface area contributed by atoms with Gasteiger partial charge in [-0.15, -0.1) is 0 Å². The SMILES string of the molecule is CCCN1CCC(NC(=O)C(C)(N)C2CC2)CC1. The molecule has 4 heteroatoms. The summed E-state index contributed by atoms with van der Waals surface area (Å²) in [4.78, 5) is 14.6. The molecule has 0 aromatic rings. The van der Waals surface area contributed by atoms with Crippen molar-refractivity contribution in [2.45, 2.75) is 57.5 Å². The first-order valence-electron chi connectivity index (χ1n) is 7.36. The van der Waals surface area contributed by atoms with Gasteiger partial charge < -0.3 is 16.0 Å². The van der Waals surface area contributed by atoms with Gasteiger partial charge in [-0.05, 0) is 51.5 Å². The molecule has 2 fully saturated rings. The molecule has 0 bridgehead atoms. The van der Waals surface area contributed by atoms with Crippen molar-refractivity contribution in [2.75, 3.05) is 19.6 Å². The normalized spacial score (nSPS) is 25.7. The minimum atomic E-state index is -0.652. The number of nitrogens with one attached hydrogen (secondary N) is 1. The molecule has 1 unspecified atom stereocenters. The van der Waals surface area contributed by atoms with Gasteiger partial charge in [0.2, 0.25) is 5.91 Å². The van der Waals surface area contributed by atoms with Crippen molar-refractivity contribution >= 4 is 5.91 Å². The summed E-state index contributed by atoms with van der Waals surface area (Å²) in [6.07, 6.45) is 5.54. The maximum atomic E-state index is 12.2. The van der Waals surface area contributed by atoms with E-state index in [-0.39, 0.29) is 5.91 Å². The summed E-state index contributed by atoms with van der Waals surface area (Å²) in [7, 11) is 0. The molecular formula is C14H27N3O. The molecule has 0 aromatic carbocycles. The monoisotopic (exact) mass is 253 g/mol. The van der Waals surface area contributed by atoms with Gasteiger partial charge in [0.1, 0.15) is 0 Å². The Hall–Kier alpha value is -0.610. The molecule has 0 radical (unpaired) electrons. The van der Waals surface area contributed by atoms with Crippen LogP contribution in [0.5, 0.6) is 0 Å². The van der Waals surface area contributed by atoms with E-state index in [4.69, 9.17) is 5.73 Å². The predicted octanol–water partition coefficient (Wildman–Crippen LogP) is 1.10. The first-order valence-corrected chi connectivity index (χ1v) is 7.36. The lowest BCUT2D eigenvalue weighted by atomic mass is 9.94. The summed E-state index contributed by atoms with van der Waals surface area (Å²) in [5, 5.41) is 3.15. The molecule has 2 aliphatic rings. The van der Waals surface area contributed by atoms with Crippen LogP contribution in [0.25, 0.3) is 0 Å². The van der Waals surface area contributed by atoms with Gasteiger partial charge >= 0.3 is 0 Å².